The van der Waals surface area contributed by atoms with Crippen LogP contribution in [0, 0.1) is 11.7 Å². The fourth-order valence-electron chi connectivity index (χ4n) is 3.20. The third-order valence-corrected chi connectivity index (χ3v) is 4.37. The number of guanidine groups is 1. The van der Waals surface area contributed by atoms with E-state index in [0.29, 0.717) is 31.6 Å². The maximum atomic E-state index is 14.1. The van der Waals surface area contributed by atoms with Crippen LogP contribution in [0.2, 0.25) is 0 Å². The largest absolute Gasteiger partial charge is 0.434 e. The molecule has 0 aromatic heterocycles. The third kappa shape index (κ3) is 9.25. The van der Waals surface area contributed by atoms with Gasteiger partial charge in [0.25, 0.3) is 0 Å². The van der Waals surface area contributed by atoms with Crippen molar-refractivity contribution in [3.8, 4) is 5.75 Å². The number of nitrogens with zero attached hydrogens (tertiary/aromatic N) is 2. The van der Waals surface area contributed by atoms with E-state index in [1.807, 2.05) is 6.92 Å². The van der Waals surface area contributed by atoms with Crippen molar-refractivity contribution in [3.05, 3.63) is 29.6 Å². The molecule has 1 aromatic carbocycles. The minimum Gasteiger partial charge on any atom is -0.434 e. The molecule has 0 saturated carbocycles. The lowest BCUT2D eigenvalue weighted by molar-refractivity contribution is -0.0506. The first-order chi connectivity index (χ1) is 13.9. The Morgan fingerprint density at radius 2 is 2.10 bits per heavy atom. The maximum Gasteiger partial charge on any atom is 0.387 e. The van der Waals surface area contributed by atoms with E-state index in [4.69, 9.17) is 4.74 Å². The normalized spacial score (nSPS) is 17.7. The van der Waals surface area contributed by atoms with Crippen LogP contribution in [0.4, 0.5) is 13.2 Å². The van der Waals surface area contributed by atoms with Gasteiger partial charge in [0.05, 0.1) is 24.8 Å². The van der Waals surface area contributed by atoms with Crippen molar-refractivity contribution < 1.29 is 22.6 Å². The van der Waals surface area contributed by atoms with Crippen LogP contribution >= 0.6 is 24.0 Å². The first-order valence-electron chi connectivity index (χ1n) is 9.97. The topological polar surface area (TPSA) is 58.1 Å². The molecule has 1 aliphatic rings. The number of alkyl halides is 2. The van der Waals surface area contributed by atoms with Crippen molar-refractivity contribution in [2.24, 2.45) is 10.9 Å². The average molecular weight is 544 g/mol. The molecule has 1 aliphatic heterocycles. The van der Waals surface area contributed by atoms with Gasteiger partial charge in [-0.05, 0) is 25.0 Å². The van der Waals surface area contributed by atoms with Gasteiger partial charge >= 0.3 is 6.61 Å². The molecule has 1 saturated heterocycles. The molecule has 1 fully saturated rings. The van der Waals surface area contributed by atoms with Gasteiger partial charge < -0.3 is 20.1 Å². The Morgan fingerprint density at radius 1 is 1.33 bits per heavy atom. The number of aliphatic imine (C=N–C) groups is 1. The molecule has 2 N–H and O–H groups in total. The van der Waals surface area contributed by atoms with E-state index in [0.717, 1.165) is 19.6 Å². The Bertz CT molecular complexity index is 665. The van der Waals surface area contributed by atoms with Gasteiger partial charge in [0.15, 0.2) is 5.96 Å². The second kappa shape index (κ2) is 13.9. The maximum absolute atomic E-state index is 14.1. The van der Waals surface area contributed by atoms with Crippen LogP contribution in [0.5, 0.6) is 5.75 Å². The second-order valence-corrected chi connectivity index (χ2v) is 7.32. The van der Waals surface area contributed by atoms with Gasteiger partial charge in [0.2, 0.25) is 0 Å². The van der Waals surface area contributed by atoms with Gasteiger partial charge in [-0.3, -0.25) is 4.90 Å². The highest BCUT2D eigenvalue weighted by Gasteiger charge is 2.21. The zero-order valence-corrected chi connectivity index (χ0v) is 20.0. The van der Waals surface area contributed by atoms with E-state index in [-0.39, 0.29) is 47.9 Å². The first kappa shape index (κ1) is 26.8. The molecule has 0 bridgehead atoms. The van der Waals surface area contributed by atoms with Gasteiger partial charge in [-0.2, -0.15) is 8.78 Å². The molecular weight excluding hydrogens is 512 g/mol. The molecule has 30 heavy (non-hydrogen) atoms. The summed E-state index contributed by atoms with van der Waals surface area (Å²) in [5.74, 6) is 0.205. The molecule has 172 valence electrons. The number of rotatable bonds is 9. The zero-order chi connectivity index (χ0) is 21.2. The Kier molecular flexibility index (Phi) is 12.4. The summed E-state index contributed by atoms with van der Waals surface area (Å²) in [6.07, 6.45) is 0.0116. The highest BCUT2D eigenvalue weighted by molar-refractivity contribution is 14.0. The molecule has 1 heterocycles. The summed E-state index contributed by atoms with van der Waals surface area (Å²) < 4.78 is 49.5. The highest BCUT2D eigenvalue weighted by Crippen LogP contribution is 2.24. The van der Waals surface area contributed by atoms with Crippen LogP contribution in [0.25, 0.3) is 0 Å². The fraction of sp³-hybridized carbons (Fsp3) is 0.650. The lowest BCUT2D eigenvalue weighted by atomic mass is 10.2. The smallest absolute Gasteiger partial charge is 0.387 e. The predicted molar refractivity (Wildman–Crippen MR) is 122 cm³/mol. The van der Waals surface area contributed by atoms with Gasteiger partial charge in [0, 0.05) is 32.7 Å². The van der Waals surface area contributed by atoms with E-state index < -0.39 is 12.4 Å². The predicted octanol–water partition coefficient (Wildman–Crippen LogP) is 3.46. The summed E-state index contributed by atoms with van der Waals surface area (Å²) in [6, 6.07) is 3.83. The molecule has 0 radical (unpaired) electrons. The van der Waals surface area contributed by atoms with Crippen molar-refractivity contribution in [2.75, 3.05) is 39.3 Å². The number of hydrogen-bond donors (Lipinski definition) is 2. The summed E-state index contributed by atoms with van der Waals surface area (Å²) in [4.78, 5) is 6.70. The minimum absolute atomic E-state index is 0. The third-order valence-electron chi connectivity index (χ3n) is 4.37. The summed E-state index contributed by atoms with van der Waals surface area (Å²) in [7, 11) is 0. The van der Waals surface area contributed by atoms with Crippen molar-refractivity contribution in [2.45, 2.75) is 40.0 Å². The van der Waals surface area contributed by atoms with Gasteiger partial charge in [-0.1, -0.05) is 19.9 Å². The monoisotopic (exact) mass is 544 g/mol. The van der Waals surface area contributed by atoms with E-state index in [9.17, 15) is 13.2 Å². The van der Waals surface area contributed by atoms with Crippen LogP contribution < -0.4 is 15.4 Å². The summed E-state index contributed by atoms with van der Waals surface area (Å²) in [5, 5.41) is 6.26. The lowest BCUT2D eigenvalue weighted by Crippen LogP contribution is -2.50. The molecule has 0 amide bonds. The Balaban J connectivity index is 0.00000450. The summed E-state index contributed by atoms with van der Waals surface area (Å²) >= 11 is 0. The Morgan fingerprint density at radius 3 is 2.77 bits per heavy atom. The van der Waals surface area contributed by atoms with Gasteiger partial charge in [0.1, 0.15) is 11.6 Å². The van der Waals surface area contributed by atoms with Crippen molar-refractivity contribution >= 4 is 29.9 Å². The molecule has 1 atom stereocenters. The second-order valence-electron chi connectivity index (χ2n) is 7.32. The fourth-order valence-corrected chi connectivity index (χ4v) is 3.20. The minimum atomic E-state index is -3.02. The number of ether oxygens (including phenoxy) is 2. The number of nitrogens with one attached hydrogen (secondary N) is 2. The van der Waals surface area contributed by atoms with Crippen LogP contribution in [0.1, 0.15) is 26.3 Å². The number of morpholine rings is 1. The quantitative estimate of drug-likeness (QED) is 0.284. The Labute approximate surface area is 193 Å². The molecule has 1 unspecified atom stereocenters. The molecule has 0 spiro atoms. The molecular formula is C20H32F3IN4O2. The van der Waals surface area contributed by atoms with E-state index in [2.05, 4.69) is 39.1 Å². The molecule has 1 aromatic rings. The van der Waals surface area contributed by atoms with Crippen LogP contribution in [0.15, 0.2) is 23.2 Å². The number of halogens is 4. The Hall–Kier alpha value is -1.27. The van der Waals surface area contributed by atoms with Gasteiger partial charge in [-0.15, -0.1) is 24.0 Å². The van der Waals surface area contributed by atoms with E-state index in [1.54, 1.807) is 0 Å². The molecule has 2 rings (SSSR count). The number of hydrogen-bond acceptors (Lipinski definition) is 4. The van der Waals surface area contributed by atoms with Crippen molar-refractivity contribution in [3.63, 3.8) is 0 Å². The van der Waals surface area contributed by atoms with Crippen LogP contribution in [-0.4, -0.2) is 62.9 Å². The zero-order valence-electron chi connectivity index (χ0n) is 17.7. The van der Waals surface area contributed by atoms with Crippen LogP contribution in [0.3, 0.4) is 0 Å². The first-order valence-corrected chi connectivity index (χ1v) is 9.97. The standard InChI is InChI=1S/C20H31F3N4O2.HI/c1-4-24-20(25-10-15-13-27(8-9-28-15)12-14(2)3)26-11-16-17(21)6-5-7-18(16)29-19(22)23;/h5-7,14-15,19H,4,8-13H2,1-3H3,(H2,24,25,26);1H. The highest BCUT2D eigenvalue weighted by atomic mass is 127. The molecule has 0 aliphatic carbocycles. The number of benzene rings is 1. The molecule has 6 nitrogen and oxygen atoms in total. The van der Waals surface area contributed by atoms with E-state index >= 15 is 0 Å². The SMILES string of the molecule is CCNC(=NCc1c(F)cccc1OC(F)F)NCC1CN(CC(C)C)CCO1.I. The lowest BCUT2D eigenvalue weighted by Gasteiger charge is -2.34. The van der Waals surface area contributed by atoms with Crippen molar-refractivity contribution in [1.82, 2.24) is 15.5 Å². The van der Waals surface area contributed by atoms with Crippen LogP contribution in [-0.2, 0) is 11.3 Å². The molecule has 10 heteroatoms. The van der Waals surface area contributed by atoms with Crippen molar-refractivity contribution in [1.29, 1.82) is 0 Å². The average Bonchev–Trinajstić information content (AvgIpc) is 2.65. The van der Waals surface area contributed by atoms with Gasteiger partial charge in [-0.25, -0.2) is 9.38 Å². The summed E-state index contributed by atoms with van der Waals surface area (Å²) in [6.45, 7) is 7.72. The summed E-state index contributed by atoms with van der Waals surface area (Å²) in [5.41, 5.74) is -0.0120. The van der Waals surface area contributed by atoms with E-state index in [1.165, 1.54) is 18.2 Å².